The van der Waals surface area contributed by atoms with Gasteiger partial charge in [-0.25, -0.2) is 0 Å². The van der Waals surface area contributed by atoms with Gasteiger partial charge in [-0.05, 0) is 45.3 Å². The topological polar surface area (TPSA) is 41.6 Å². The molecule has 76 valence electrons. The average molecular weight is 183 g/mol. The van der Waals surface area contributed by atoms with Crippen molar-refractivity contribution < 1.29 is 0 Å². The molecule has 0 unspecified atom stereocenters. The van der Waals surface area contributed by atoms with Crippen molar-refractivity contribution in [3.8, 4) is 0 Å². The number of nitrogens with zero attached hydrogens (tertiary/aromatic N) is 2. The Balaban J connectivity index is 2.21. The molecule has 0 aromatic carbocycles. The third kappa shape index (κ3) is 3.77. The molecule has 13 heavy (non-hydrogen) atoms. The highest BCUT2D eigenvalue weighted by atomic mass is 15.1. The predicted molar refractivity (Wildman–Crippen MR) is 57.0 cm³/mol. The second-order valence-corrected chi connectivity index (χ2v) is 3.86. The Kier molecular flexibility index (Phi) is 4.22. The summed E-state index contributed by atoms with van der Waals surface area (Å²) in [6.07, 6.45) is 2.56. The number of piperidine rings is 1. The number of nitrogens with two attached hydrogens (primary N) is 1. The van der Waals surface area contributed by atoms with Crippen LogP contribution < -0.4 is 5.73 Å². The summed E-state index contributed by atoms with van der Waals surface area (Å²) >= 11 is 0. The van der Waals surface area contributed by atoms with Gasteiger partial charge in [-0.15, -0.1) is 0 Å². The third-order valence-electron chi connectivity index (χ3n) is 2.75. The van der Waals surface area contributed by atoms with Gasteiger partial charge in [0.2, 0.25) is 0 Å². The maximum Gasteiger partial charge on any atom is 0.0905 e. The molecule has 0 aliphatic carbocycles. The molecule has 0 radical (unpaired) electrons. The predicted octanol–water partition coefficient (Wildman–Crippen LogP) is 1.10. The maximum atomic E-state index is 5.50. The minimum Gasteiger partial charge on any atom is -0.388 e. The summed E-state index contributed by atoms with van der Waals surface area (Å²) in [4.78, 5) is 6.77. The van der Waals surface area contributed by atoms with E-state index in [9.17, 15) is 0 Å². The molecule has 1 saturated heterocycles. The molecule has 0 aromatic rings. The van der Waals surface area contributed by atoms with Gasteiger partial charge < -0.3 is 10.6 Å². The fourth-order valence-corrected chi connectivity index (χ4v) is 1.76. The second-order valence-electron chi connectivity index (χ2n) is 3.86. The van der Waals surface area contributed by atoms with Crippen molar-refractivity contribution in [2.45, 2.75) is 26.7 Å². The van der Waals surface area contributed by atoms with Gasteiger partial charge in [0.25, 0.3) is 0 Å². The van der Waals surface area contributed by atoms with E-state index in [1.807, 2.05) is 6.92 Å². The van der Waals surface area contributed by atoms with E-state index >= 15 is 0 Å². The number of hydrogen-bond acceptors (Lipinski definition) is 2. The summed E-state index contributed by atoms with van der Waals surface area (Å²) in [6.45, 7) is 8.68. The SMILES string of the molecule is CCN1CCC(CN=C(C)N)CC1. The molecule has 1 aliphatic rings. The molecular formula is C10H21N3. The summed E-state index contributed by atoms with van der Waals surface area (Å²) in [7, 11) is 0. The summed E-state index contributed by atoms with van der Waals surface area (Å²) in [5.74, 6) is 1.49. The molecule has 2 N–H and O–H groups in total. The fourth-order valence-electron chi connectivity index (χ4n) is 1.76. The zero-order valence-electron chi connectivity index (χ0n) is 8.79. The van der Waals surface area contributed by atoms with E-state index in [4.69, 9.17) is 5.73 Å². The van der Waals surface area contributed by atoms with Gasteiger partial charge in [0, 0.05) is 6.54 Å². The number of rotatable bonds is 3. The van der Waals surface area contributed by atoms with Crippen LogP contribution in [0.2, 0.25) is 0 Å². The standard InChI is InChI=1S/C10H21N3/c1-3-13-6-4-10(5-7-13)8-12-9(2)11/h10H,3-8H2,1-2H3,(H2,11,12). The maximum absolute atomic E-state index is 5.50. The lowest BCUT2D eigenvalue weighted by molar-refractivity contribution is 0.196. The van der Waals surface area contributed by atoms with Crippen LogP contribution in [0.15, 0.2) is 4.99 Å². The molecule has 0 amide bonds. The third-order valence-corrected chi connectivity index (χ3v) is 2.75. The largest absolute Gasteiger partial charge is 0.388 e. The van der Waals surface area contributed by atoms with Gasteiger partial charge in [0.1, 0.15) is 0 Å². The molecule has 0 bridgehead atoms. The van der Waals surface area contributed by atoms with Crippen molar-refractivity contribution in [1.82, 2.24) is 4.90 Å². The highest BCUT2D eigenvalue weighted by molar-refractivity contribution is 5.77. The number of hydrogen-bond donors (Lipinski definition) is 1. The highest BCUT2D eigenvalue weighted by Gasteiger charge is 2.17. The van der Waals surface area contributed by atoms with Crippen molar-refractivity contribution >= 4 is 5.84 Å². The Labute approximate surface area is 81.0 Å². The number of amidine groups is 1. The van der Waals surface area contributed by atoms with E-state index < -0.39 is 0 Å². The van der Waals surface area contributed by atoms with Crippen molar-refractivity contribution in [3.63, 3.8) is 0 Å². The molecule has 1 fully saturated rings. The van der Waals surface area contributed by atoms with Crippen LogP contribution in [0.3, 0.4) is 0 Å². The molecular weight excluding hydrogens is 162 g/mol. The van der Waals surface area contributed by atoms with Crippen LogP contribution in [0.5, 0.6) is 0 Å². The van der Waals surface area contributed by atoms with E-state index in [-0.39, 0.29) is 0 Å². The summed E-state index contributed by atoms with van der Waals surface area (Å²) in [5.41, 5.74) is 5.50. The minimum atomic E-state index is 0.720. The Morgan fingerprint density at radius 3 is 2.54 bits per heavy atom. The summed E-state index contributed by atoms with van der Waals surface area (Å²) in [6, 6.07) is 0. The van der Waals surface area contributed by atoms with Crippen molar-refractivity contribution in [1.29, 1.82) is 0 Å². The average Bonchev–Trinajstić information content (AvgIpc) is 2.15. The highest BCUT2D eigenvalue weighted by Crippen LogP contribution is 2.16. The molecule has 0 atom stereocenters. The first-order valence-corrected chi connectivity index (χ1v) is 5.21. The Morgan fingerprint density at radius 2 is 2.08 bits per heavy atom. The summed E-state index contributed by atoms with van der Waals surface area (Å²) in [5, 5.41) is 0. The quantitative estimate of drug-likeness (QED) is 0.526. The van der Waals surface area contributed by atoms with Gasteiger partial charge in [-0.2, -0.15) is 0 Å². The van der Waals surface area contributed by atoms with E-state index in [1.165, 1.54) is 32.5 Å². The lowest BCUT2D eigenvalue weighted by Gasteiger charge is -2.30. The lowest BCUT2D eigenvalue weighted by Crippen LogP contribution is -2.34. The fraction of sp³-hybridized carbons (Fsp3) is 0.900. The summed E-state index contributed by atoms with van der Waals surface area (Å²) < 4.78 is 0. The smallest absolute Gasteiger partial charge is 0.0905 e. The van der Waals surface area contributed by atoms with Crippen LogP contribution in [-0.4, -0.2) is 36.9 Å². The molecule has 1 aliphatic heterocycles. The molecule has 0 spiro atoms. The van der Waals surface area contributed by atoms with Crippen molar-refractivity contribution in [2.75, 3.05) is 26.2 Å². The molecule has 0 aromatic heterocycles. The Morgan fingerprint density at radius 1 is 1.46 bits per heavy atom. The van der Waals surface area contributed by atoms with Crippen LogP contribution in [0, 0.1) is 5.92 Å². The van der Waals surface area contributed by atoms with E-state index in [0.717, 1.165) is 18.3 Å². The molecule has 3 heteroatoms. The molecule has 0 saturated carbocycles. The first-order valence-electron chi connectivity index (χ1n) is 5.21. The molecule has 1 heterocycles. The van der Waals surface area contributed by atoms with Crippen LogP contribution in [0.1, 0.15) is 26.7 Å². The Hall–Kier alpha value is -0.570. The van der Waals surface area contributed by atoms with Gasteiger partial charge in [-0.3, -0.25) is 4.99 Å². The lowest BCUT2D eigenvalue weighted by atomic mass is 9.97. The van der Waals surface area contributed by atoms with Gasteiger partial charge in [0.15, 0.2) is 0 Å². The van der Waals surface area contributed by atoms with Crippen molar-refractivity contribution in [3.05, 3.63) is 0 Å². The van der Waals surface area contributed by atoms with Gasteiger partial charge >= 0.3 is 0 Å². The zero-order chi connectivity index (χ0) is 9.68. The van der Waals surface area contributed by atoms with Crippen LogP contribution in [-0.2, 0) is 0 Å². The van der Waals surface area contributed by atoms with E-state index in [1.54, 1.807) is 0 Å². The zero-order valence-corrected chi connectivity index (χ0v) is 8.79. The van der Waals surface area contributed by atoms with E-state index in [2.05, 4.69) is 16.8 Å². The first-order chi connectivity index (χ1) is 6.22. The van der Waals surface area contributed by atoms with Crippen molar-refractivity contribution in [2.24, 2.45) is 16.6 Å². The van der Waals surface area contributed by atoms with E-state index in [0.29, 0.717) is 0 Å². The normalized spacial score (nSPS) is 22.2. The minimum absolute atomic E-state index is 0.720. The van der Waals surface area contributed by atoms with Gasteiger partial charge in [-0.1, -0.05) is 6.92 Å². The first kappa shape index (κ1) is 10.5. The molecule has 1 rings (SSSR count). The van der Waals surface area contributed by atoms with Crippen LogP contribution >= 0.6 is 0 Å². The van der Waals surface area contributed by atoms with Crippen LogP contribution in [0.25, 0.3) is 0 Å². The molecule has 3 nitrogen and oxygen atoms in total. The number of likely N-dealkylation sites (tertiary alicyclic amines) is 1. The Bertz CT molecular complexity index is 165. The van der Waals surface area contributed by atoms with Crippen LogP contribution in [0.4, 0.5) is 0 Å². The van der Waals surface area contributed by atoms with Gasteiger partial charge in [0.05, 0.1) is 5.84 Å². The second kappa shape index (κ2) is 5.22. The number of aliphatic imine (C=N–C) groups is 1. The monoisotopic (exact) mass is 183 g/mol.